The van der Waals surface area contributed by atoms with E-state index in [2.05, 4.69) is 0 Å². The summed E-state index contributed by atoms with van der Waals surface area (Å²) in [6, 6.07) is 9.12. The van der Waals surface area contributed by atoms with Crippen LogP contribution in [0, 0.1) is 16.0 Å². The molecule has 10 nitrogen and oxygen atoms in total. The lowest BCUT2D eigenvalue weighted by atomic mass is 9.83. The summed E-state index contributed by atoms with van der Waals surface area (Å²) in [5.41, 5.74) is 7.24. The van der Waals surface area contributed by atoms with Gasteiger partial charge in [-0.1, -0.05) is 0 Å². The molecule has 1 fully saturated rings. The lowest BCUT2D eigenvalue weighted by Crippen LogP contribution is -2.61. The molecule has 0 spiro atoms. The number of non-ortho nitro benzene ring substituents is 1. The maximum Gasteiger partial charge on any atom is 0.356 e. The average Bonchev–Trinajstić information content (AvgIpc) is 3.11. The number of ether oxygens (including phenoxy) is 1. The number of aliphatic hydroxyl groups excluding tert-OH is 1. The number of nitro benzene ring substituents is 1. The van der Waals surface area contributed by atoms with Gasteiger partial charge in [0.2, 0.25) is 5.91 Å². The third kappa shape index (κ3) is 4.75. The Kier molecular flexibility index (Phi) is 6.85. The number of nitrogen functional groups attached to an aromatic ring is 1. The van der Waals surface area contributed by atoms with Crippen LogP contribution in [0.5, 0.6) is 0 Å². The number of anilines is 1. The number of amides is 1. The number of benzene rings is 1. The van der Waals surface area contributed by atoms with Crippen molar-refractivity contribution in [1.82, 2.24) is 4.90 Å². The second-order valence-corrected chi connectivity index (χ2v) is 9.43. The number of aromatic nitrogens is 1. The topological polar surface area (TPSA) is 140 Å². The number of pyridine rings is 1. The van der Waals surface area contributed by atoms with Crippen molar-refractivity contribution in [2.24, 2.45) is 5.92 Å². The Hall–Kier alpha value is -3.44. The fourth-order valence-corrected chi connectivity index (χ4v) is 5.39. The van der Waals surface area contributed by atoms with Crippen molar-refractivity contribution in [1.29, 1.82) is 0 Å². The number of carbonyl (C=O) groups is 2. The van der Waals surface area contributed by atoms with E-state index in [9.17, 15) is 24.8 Å². The van der Waals surface area contributed by atoms with Crippen molar-refractivity contribution in [2.75, 3.05) is 11.5 Å². The molecule has 1 aromatic carbocycles. The number of hydrogen-bond donors (Lipinski definition) is 2. The lowest BCUT2D eigenvalue weighted by Gasteiger charge is -2.44. The van der Waals surface area contributed by atoms with Gasteiger partial charge in [0.25, 0.3) is 5.69 Å². The summed E-state index contributed by atoms with van der Waals surface area (Å²) in [5.74, 6) is -0.809. The Morgan fingerprint density at radius 1 is 1.38 bits per heavy atom. The fourth-order valence-electron chi connectivity index (χ4n) is 4.24. The van der Waals surface area contributed by atoms with Crippen LogP contribution < -0.4 is 10.3 Å². The minimum absolute atomic E-state index is 0.0523. The number of thioether (sulfide) groups is 1. The summed E-state index contributed by atoms with van der Waals surface area (Å²) in [7, 11) is 0. The molecule has 0 saturated carbocycles. The monoisotopic (exact) mass is 485 g/mol. The van der Waals surface area contributed by atoms with Crippen molar-refractivity contribution in [3.05, 3.63) is 75.1 Å². The first-order valence-electron chi connectivity index (χ1n) is 10.8. The molecule has 11 heteroatoms. The summed E-state index contributed by atoms with van der Waals surface area (Å²) in [6.07, 6.45) is 3.40. The molecule has 1 saturated heterocycles. The van der Waals surface area contributed by atoms with Gasteiger partial charge in [-0.2, -0.15) is 0 Å². The standard InChI is InChI=1S/C23H25N4O6S/c1-14(28)20-18-11-19(34-10-9-25-8-2-3-16(24)12-25)21(26(18)22(20)29)23(30)33-13-15-4-6-17(7-5-15)27(31)32/h2-8,12,14,18,20,28H,9-11,13,24H2,1H3/q+1/t14-,18-,20-/m1/s1. The van der Waals surface area contributed by atoms with Gasteiger partial charge in [0, 0.05) is 29.5 Å². The van der Waals surface area contributed by atoms with Crippen LogP contribution in [0.15, 0.2) is 59.4 Å². The third-order valence-corrected chi connectivity index (χ3v) is 7.00. The molecule has 2 aliphatic rings. The molecule has 0 aliphatic carbocycles. The Bertz CT molecular complexity index is 1150. The summed E-state index contributed by atoms with van der Waals surface area (Å²) in [5, 5.41) is 20.8. The number of nitrogens with zero attached hydrogens (tertiary/aromatic N) is 3. The van der Waals surface area contributed by atoms with Crippen LogP contribution in [0.1, 0.15) is 18.9 Å². The summed E-state index contributed by atoms with van der Waals surface area (Å²) in [6.45, 7) is 2.15. The SMILES string of the molecule is C[C@@H](O)[C@H]1C(=O)N2C(C(=O)OCc3ccc([N+](=O)[O-])cc3)=C(SCC[n+]3cccc(N)c3)C[C@H]12. The molecule has 0 bridgehead atoms. The molecule has 3 atom stereocenters. The smallest absolute Gasteiger partial charge is 0.356 e. The van der Waals surface area contributed by atoms with E-state index in [0.29, 0.717) is 30.0 Å². The highest BCUT2D eigenvalue weighted by Gasteiger charge is 2.57. The highest BCUT2D eigenvalue weighted by atomic mass is 32.2. The van der Waals surface area contributed by atoms with Gasteiger partial charge in [0.15, 0.2) is 18.9 Å². The minimum Gasteiger partial charge on any atom is -0.456 e. The summed E-state index contributed by atoms with van der Waals surface area (Å²) >= 11 is 1.48. The van der Waals surface area contributed by atoms with Crippen LogP contribution in [0.2, 0.25) is 0 Å². The first-order valence-corrected chi connectivity index (χ1v) is 11.8. The normalized spacial score (nSPS) is 20.1. The maximum absolute atomic E-state index is 13.0. The number of hydrogen-bond acceptors (Lipinski definition) is 8. The Morgan fingerprint density at radius 2 is 2.12 bits per heavy atom. The Morgan fingerprint density at radius 3 is 2.76 bits per heavy atom. The second-order valence-electron chi connectivity index (χ2n) is 8.24. The van der Waals surface area contributed by atoms with Gasteiger partial charge in [0.05, 0.1) is 34.4 Å². The predicted molar refractivity (Wildman–Crippen MR) is 124 cm³/mol. The molecule has 2 aromatic rings. The zero-order valence-electron chi connectivity index (χ0n) is 18.5. The summed E-state index contributed by atoms with van der Waals surface area (Å²) < 4.78 is 7.41. The number of rotatable bonds is 9. The van der Waals surface area contributed by atoms with Gasteiger partial charge in [-0.3, -0.25) is 14.9 Å². The van der Waals surface area contributed by atoms with E-state index in [1.807, 2.05) is 23.0 Å². The van der Waals surface area contributed by atoms with E-state index in [1.54, 1.807) is 13.0 Å². The summed E-state index contributed by atoms with van der Waals surface area (Å²) in [4.78, 5) is 38.2. The van der Waals surface area contributed by atoms with Crippen molar-refractivity contribution in [3.63, 3.8) is 0 Å². The molecule has 1 amide bonds. The number of β-lactam (4-membered cyclic amide) rings is 1. The number of nitrogens with two attached hydrogens (primary N) is 1. The molecule has 1 aromatic heterocycles. The molecular weight excluding hydrogens is 460 g/mol. The van der Waals surface area contributed by atoms with Crippen molar-refractivity contribution < 1.29 is 28.9 Å². The van der Waals surface area contributed by atoms with Gasteiger partial charge in [-0.05, 0) is 30.7 Å². The van der Waals surface area contributed by atoms with Crippen LogP contribution >= 0.6 is 11.8 Å². The Balaban J connectivity index is 1.46. The maximum atomic E-state index is 13.0. The average molecular weight is 486 g/mol. The lowest BCUT2D eigenvalue weighted by molar-refractivity contribution is -0.691. The molecule has 4 rings (SSSR count). The van der Waals surface area contributed by atoms with Gasteiger partial charge in [-0.25, -0.2) is 9.36 Å². The first kappa shape index (κ1) is 23.7. The highest BCUT2D eigenvalue weighted by molar-refractivity contribution is 8.03. The zero-order chi connectivity index (χ0) is 24.4. The fraction of sp³-hybridized carbons (Fsp3) is 0.348. The number of carbonyl (C=O) groups excluding carboxylic acids is 2. The number of fused-ring (bicyclic) bond motifs is 1. The van der Waals surface area contributed by atoms with Crippen LogP contribution in [0.3, 0.4) is 0 Å². The van der Waals surface area contributed by atoms with E-state index >= 15 is 0 Å². The highest BCUT2D eigenvalue weighted by Crippen LogP contribution is 2.47. The van der Waals surface area contributed by atoms with Gasteiger partial charge in [-0.15, -0.1) is 11.8 Å². The second kappa shape index (κ2) is 9.82. The number of aryl methyl sites for hydroxylation is 1. The van der Waals surface area contributed by atoms with Crippen molar-refractivity contribution in [3.8, 4) is 0 Å². The van der Waals surface area contributed by atoms with E-state index in [4.69, 9.17) is 10.5 Å². The van der Waals surface area contributed by atoms with Crippen molar-refractivity contribution in [2.45, 2.75) is 38.6 Å². The molecule has 3 N–H and O–H groups in total. The predicted octanol–water partition coefficient (Wildman–Crippen LogP) is 1.76. The molecule has 0 radical (unpaired) electrons. The van der Waals surface area contributed by atoms with Crippen LogP contribution in [0.4, 0.5) is 11.4 Å². The van der Waals surface area contributed by atoms with Gasteiger partial charge < -0.3 is 20.5 Å². The molecule has 0 unspecified atom stereocenters. The van der Waals surface area contributed by atoms with Crippen LogP contribution in [-0.2, 0) is 27.5 Å². The molecule has 2 aliphatic heterocycles. The number of esters is 1. The van der Waals surface area contributed by atoms with Crippen LogP contribution in [0.25, 0.3) is 0 Å². The first-order chi connectivity index (χ1) is 16.3. The van der Waals surface area contributed by atoms with E-state index in [-0.39, 0.29) is 29.9 Å². The molecule has 178 valence electrons. The zero-order valence-corrected chi connectivity index (χ0v) is 19.3. The van der Waals surface area contributed by atoms with Crippen LogP contribution in [-0.4, -0.2) is 44.7 Å². The third-order valence-electron chi connectivity index (χ3n) is 5.91. The van der Waals surface area contributed by atoms with E-state index < -0.39 is 22.9 Å². The quantitative estimate of drug-likeness (QED) is 0.180. The number of nitro groups is 1. The minimum atomic E-state index is -0.807. The molecular formula is C23H25N4O6S+. The van der Waals surface area contributed by atoms with E-state index in [1.165, 1.54) is 40.9 Å². The molecule has 3 heterocycles. The largest absolute Gasteiger partial charge is 0.456 e. The van der Waals surface area contributed by atoms with Gasteiger partial charge >= 0.3 is 5.97 Å². The number of aliphatic hydroxyl groups is 1. The van der Waals surface area contributed by atoms with Crippen molar-refractivity contribution >= 4 is 35.0 Å². The van der Waals surface area contributed by atoms with Gasteiger partial charge in [0.1, 0.15) is 12.3 Å². The molecule has 34 heavy (non-hydrogen) atoms. The Labute approximate surface area is 200 Å². The van der Waals surface area contributed by atoms with E-state index in [0.717, 1.165) is 4.91 Å².